The lowest BCUT2D eigenvalue weighted by atomic mass is 10.3. The maximum Gasteiger partial charge on any atom is 0.245 e. The van der Waals surface area contributed by atoms with E-state index < -0.39 is 0 Å². The SMILES string of the molecule is COc1ccc(OCCC(=O)NNC(=O)Cc2nc3ccccc3n2C)cc1. The molecule has 2 amide bonds. The van der Waals surface area contributed by atoms with Crippen LogP contribution in [0.1, 0.15) is 12.2 Å². The number of aryl methyl sites for hydroxylation is 1. The molecule has 0 unspecified atom stereocenters. The summed E-state index contributed by atoms with van der Waals surface area (Å²) in [6, 6.07) is 14.7. The molecule has 0 bridgehead atoms. The third-order valence-corrected chi connectivity index (χ3v) is 4.20. The molecule has 0 aliphatic rings. The molecule has 8 heteroatoms. The fraction of sp³-hybridized carbons (Fsp3) is 0.250. The Morgan fingerprint density at radius 1 is 1.00 bits per heavy atom. The van der Waals surface area contributed by atoms with E-state index in [1.54, 1.807) is 31.4 Å². The van der Waals surface area contributed by atoms with Crippen LogP contribution >= 0.6 is 0 Å². The first-order valence-electron chi connectivity index (χ1n) is 8.81. The average Bonchev–Trinajstić information content (AvgIpc) is 3.02. The van der Waals surface area contributed by atoms with E-state index in [2.05, 4.69) is 15.8 Å². The van der Waals surface area contributed by atoms with Crippen LogP contribution in [0.5, 0.6) is 11.5 Å². The van der Waals surface area contributed by atoms with E-state index in [-0.39, 0.29) is 31.3 Å². The van der Waals surface area contributed by atoms with Gasteiger partial charge in [0.1, 0.15) is 17.3 Å². The predicted octanol–water partition coefficient (Wildman–Crippen LogP) is 1.74. The number of para-hydroxylation sites is 2. The number of hydrogen-bond donors (Lipinski definition) is 2. The Morgan fingerprint density at radius 2 is 1.68 bits per heavy atom. The van der Waals surface area contributed by atoms with Crippen molar-refractivity contribution in [1.29, 1.82) is 0 Å². The highest BCUT2D eigenvalue weighted by Crippen LogP contribution is 2.17. The predicted molar refractivity (Wildman–Crippen MR) is 104 cm³/mol. The molecule has 2 N–H and O–H groups in total. The Bertz CT molecular complexity index is 966. The second-order valence-electron chi connectivity index (χ2n) is 6.12. The highest BCUT2D eigenvalue weighted by atomic mass is 16.5. The molecule has 0 aliphatic heterocycles. The van der Waals surface area contributed by atoms with Crippen molar-refractivity contribution in [3.63, 3.8) is 0 Å². The van der Waals surface area contributed by atoms with Crippen molar-refractivity contribution in [2.75, 3.05) is 13.7 Å². The van der Waals surface area contributed by atoms with Gasteiger partial charge in [-0.15, -0.1) is 0 Å². The summed E-state index contributed by atoms with van der Waals surface area (Å²) >= 11 is 0. The molecular weight excluding hydrogens is 360 g/mol. The lowest BCUT2D eigenvalue weighted by Gasteiger charge is -2.09. The first-order valence-corrected chi connectivity index (χ1v) is 8.81. The number of ether oxygens (including phenoxy) is 2. The van der Waals surface area contributed by atoms with E-state index in [1.807, 2.05) is 35.9 Å². The van der Waals surface area contributed by atoms with E-state index in [1.165, 1.54) is 0 Å². The molecule has 146 valence electrons. The van der Waals surface area contributed by atoms with Gasteiger partial charge in [0.15, 0.2) is 0 Å². The monoisotopic (exact) mass is 382 g/mol. The van der Waals surface area contributed by atoms with Crippen molar-refractivity contribution in [3.05, 3.63) is 54.4 Å². The van der Waals surface area contributed by atoms with Gasteiger partial charge in [0.25, 0.3) is 0 Å². The van der Waals surface area contributed by atoms with Crippen molar-refractivity contribution in [1.82, 2.24) is 20.4 Å². The topological polar surface area (TPSA) is 94.5 Å². The summed E-state index contributed by atoms with van der Waals surface area (Å²) in [5.74, 6) is 1.30. The fourth-order valence-electron chi connectivity index (χ4n) is 2.68. The van der Waals surface area contributed by atoms with E-state index in [9.17, 15) is 9.59 Å². The number of methoxy groups -OCH3 is 1. The number of amides is 2. The van der Waals surface area contributed by atoms with Crippen LogP contribution in [0.4, 0.5) is 0 Å². The summed E-state index contributed by atoms with van der Waals surface area (Å²) in [5.41, 5.74) is 6.56. The van der Waals surface area contributed by atoms with Crippen molar-refractivity contribution in [3.8, 4) is 11.5 Å². The third-order valence-electron chi connectivity index (χ3n) is 4.20. The number of carbonyl (C=O) groups excluding carboxylic acids is 2. The molecule has 0 atom stereocenters. The van der Waals surface area contributed by atoms with Gasteiger partial charge in [0.2, 0.25) is 11.8 Å². The van der Waals surface area contributed by atoms with Gasteiger partial charge in [-0.3, -0.25) is 20.4 Å². The van der Waals surface area contributed by atoms with Gasteiger partial charge < -0.3 is 14.0 Å². The summed E-state index contributed by atoms with van der Waals surface area (Å²) in [5, 5.41) is 0. The number of aromatic nitrogens is 2. The molecule has 0 aliphatic carbocycles. The number of fused-ring (bicyclic) bond motifs is 1. The Kier molecular flexibility index (Phi) is 6.11. The number of nitrogens with zero attached hydrogens (tertiary/aromatic N) is 2. The highest BCUT2D eigenvalue weighted by molar-refractivity contribution is 5.84. The minimum absolute atomic E-state index is 0.0633. The minimum Gasteiger partial charge on any atom is -0.497 e. The van der Waals surface area contributed by atoms with Crippen LogP contribution in [0, 0.1) is 0 Å². The van der Waals surface area contributed by atoms with Crippen molar-refractivity contribution < 1.29 is 19.1 Å². The summed E-state index contributed by atoms with van der Waals surface area (Å²) in [6.07, 6.45) is 0.173. The van der Waals surface area contributed by atoms with Crippen molar-refractivity contribution >= 4 is 22.8 Å². The maximum atomic E-state index is 12.1. The molecular formula is C20H22N4O4. The normalized spacial score (nSPS) is 10.5. The summed E-state index contributed by atoms with van der Waals surface area (Å²) < 4.78 is 12.4. The molecule has 28 heavy (non-hydrogen) atoms. The first kappa shape index (κ1) is 19.2. The van der Waals surface area contributed by atoms with Gasteiger partial charge in [0.05, 0.1) is 37.6 Å². The van der Waals surface area contributed by atoms with Gasteiger partial charge in [0, 0.05) is 7.05 Å². The lowest BCUT2D eigenvalue weighted by Crippen LogP contribution is -2.43. The molecule has 0 saturated heterocycles. The van der Waals surface area contributed by atoms with E-state index in [4.69, 9.17) is 9.47 Å². The smallest absolute Gasteiger partial charge is 0.245 e. The van der Waals surface area contributed by atoms with Crippen LogP contribution < -0.4 is 20.3 Å². The van der Waals surface area contributed by atoms with Crippen molar-refractivity contribution in [2.45, 2.75) is 12.8 Å². The first-order chi connectivity index (χ1) is 13.6. The lowest BCUT2D eigenvalue weighted by molar-refractivity contribution is -0.128. The van der Waals surface area contributed by atoms with Crippen molar-refractivity contribution in [2.24, 2.45) is 7.05 Å². The Morgan fingerprint density at radius 3 is 2.39 bits per heavy atom. The Balaban J connectivity index is 1.41. The minimum atomic E-state index is -0.345. The second kappa shape index (κ2) is 8.90. The number of carbonyl (C=O) groups is 2. The van der Waals surface area contributed by atoms with Gasteiger partial charge in [-0.25, -0.2) is 4.98 Å². The zero-order valence-corrected chi connectivity index (χ0v) is 15.8. The zero-order chi connectivity index (χ0) is 19.9. The fourth-order valence-corrected chi connectivity index (χ4v) is 2.68. The Hall–Kier alpha value is -3.55. The number of nitrogens with one attached hydrogen (secondary N) is 2. The third kappa shape index (κ3) is 4.79. The van der Waals surface area contributed by atoms with Gasteiger partial charge in [-0.1, -0.05) is 12.1 Å². The molecule has 0 fully saturated rings. The number of benzene rings is 2. The van der Waals surface area contributed by atoms with Crippen LogP contribution in [-0.4, -0.2) is 35.1 Å². The van der Waals surface area contributed by atoms with E-state index >= 15 is 0 Å². The van der Waals surface area contributed by atoms with Crippen LogP contribution in [-0.2, 0) is 23.1 Å². The molecule has 0 saturated carbocycles. The molecule has 1 aromatic heterocycles. The van der Waals surface area contributed by atoms with Crippen LogP contribution in [0.15, 0.2) is 48.5 Å². The molecule has 2 aromatic carbocycles. The summed E-state index contributed by atoms with van der Waals surface area (Å²) in [6.45, 7) is 0.193. The Labute approximate surface area is 162 Å². The maximum absolute atomic E-state index is 12.1. The molecule has 0 spiro atoms. The second-order valence-corrected chi connectivity index (χ2v) is 6.12. The number of imidazole rings is 1. The largest absolute Gasteiger partial charge is 0.497 e. The van der Waals surface area contributed by atoms with Gasteiger partial charge in [-0.2, -0.15) is 0 Å². The van der Waals surface area contributed by atoms with E-state index in [0.29, 0.717) is 11.6 Å². The van der Waals surface area contributed by atoms with Crippen LogP contribution in [0.2, 0.25) is 0 Å². The molecule has 3 aromatic rings. The summed E-state index contributed by atoms with van der Waals surface area (Å²) in [7, 11) is 3.44. The standard InChI is InChI=1S/C20H22N4O4/c1-24-17-6-4-3-5-16(17)21-18(24)13-20(26)23-22-19(25)11-12-28-15-9-7-14(27-2)8-10-15/h3-10H,11-13H2,1-2H3,(H,22,25)(H,23,26). The van der Waals surface area contributed by atoms with Crippen LogP contribution in [0.25, 0.3) is 11.0 Å². The molecule has 1 heterocycles. The summed E-state index contributed by atoms with van der Waals surface area (Å²) in [4.78, 5) is 28.4. The van der Waals surface area contributed by atoms with Gasteiger partial charge >= 0.3 is 0 Å². The molecule has 3 rings (SSSR count). The zero-order valence-electron chi connectivity index (χ0n) is 15.8. The quantitative estimate of drug-likeness (QED) is 0.607. The van der Waals surface area contributed by atoms with Gasteiger partial charge in [-0.05, 0) is 36.4 Å². The molecule has 8 nitrogen and oxygen atoms in total. The number of hydrogen-bond acceptors (Lipinski definition) is 5. The van der Waals surface area contributed by atoms with Crippen LogP contribution in [0.3, 0.4) is 0 Å². The van der Waals surface area contributed by atoms with E-state index in [0.717, 1.165) is 16.8 Å². The highest BCUT2D eigenvalue weighted by Gasteiger charge is 2.12. The number of hydrazine groups is 1. The average molecular weight is 382 g/mol. The number of rotatable bonds is 7. The molecule has 0 radical (unpaired) electrons.